The molecule has 2 aromatic rings. The van der Waals surface area contributed by atoms with E-state index >= 15 is 0 Å². The molecule has 0 saturated heterocycles. The van der Waals surface area contributed by atoms with Crippen LogP contribution in [0.1, 0.15) is 47.0 Å². The number of phenols is 2. The number of unbranched alkanes of at least 4 members (excludes halogenated alkanes) is 1. The minimum absolute atomic E-state index is 0.112. The Balaban J connectivity index is 0.000000467. The Morgan fingerprint density at radius 1 is 1.10 bits per heavy atom. The van der Waals surface area contributed by atoms with Crippen LogP contribution in [0.2, 0.25) is 0 Å². The zero-order chi connectivity index (χ0) is 22.6. The van der Waals surface area contributed by atoms with Crippen LogP contribution in [0.5, 0.6) is 11.5 Å². The second-order valence-corrected chi connectivity index (χ2v) is 9.59. The van der Waals surface area contributed by atoms with E-state index in [1.807, 2.05) is 45.9 Å². The lowest BCUT2D eigenvalue weighted by atomic mass is 10.1. The van der Waals surface area contributed by atoms with Gasteiger partial charge in [-0.1, -0.05) is 18.6 Å². The fourth-order valence-corrected chi connectivity index (χ4v) is 3.57. The average Bonchev–Trinajstić information content (AvgIpc) is 2.60. The number of rotatable bonds is 7. The van der Waals surface area contributed by atoms with Gasteiger partial charge in [-0.3, -0.25) is 0 Å². The first kappa shape index (κ1) is 26.0. The Morgan fingerprint density at radius 2 is 1.73 bits per heavy atom. The number of nitrogens with one attached hydrogen (secondary N) is 1. The number of ether oxygens (including phenoxy) is 1. The standard InChI is InChI=1S/C17H27NO3S.C6H6OS/c1-13(18-16(20)21-17(2,3)4)8-5-6-11-22-15-10-7-9-14(19)12-15;7-5-2-1-3-6(8)4-5/h7,9-10,12-13,19H,5-6,8,11H2,1-4H3,(H,18,20);1-4,7-8H/t13-;/m1./s1. The molecule has 0 aliphatic carbocycles. The molecule has 2 aromatic carbocycles. The normalized spacial score (nSPS) is 11.8. The number of hydrogen-bond acceptors (Lipinski definition) is 6. The first-order valence-corrected chi connectivity index (χ1v) is 11.4. The molecule has 0 unspecified atom stereocenters. The Bertz CT molecular complexity index is 761. The van der Waals surface area contributed by atoms with E-state index in [-0.39, 0.29) is 17.9 Å². The van der Waals surface area contributed by atoms with E-state index < -0.39 is 5.60 Å². The first-order valence-electron chi connectivity index (χ1n) is 9.94. The maximum absolute atomic E-state index is 11.6. The molecule has 30 heavy (non-hydrogen) atoms. The Kier molecular flexibility index (Phi) is 11.6. The van der Waals surface area contributed by atoms with Crippen molar-refractivity contribution in [2.24, 2.45) is 0 Å². The van der Waals surface area contributed by atoms with Gasteiger partial charge in [0.05, 0.1) is 0 Å². The smallest absolute Gasteiger partial charge is 0.407 e. The molecule has 0 aliphatic heterocycles. The molecule has 5 nitrogen and oxygen atoms in total. The molecule has 0 heterocycles. The predicted octanol–water partition coefficient (Wildman–Crippen LogP) is 6.25. The van der Waals surface area contributed by atoms with Gasteiger partial charge in [0.15, 0.2) is 0 Å². The maximum Gasteiger partial charge on any atom is 0.407 e. The second-order valence-electron chi connectivity index (χ2n) is 7.91. The number of carbonyl (C=O) groups is 1. The number of phenolic OH excluding ortho intramolecular Hbond substituents is 2. The van der Waals surface area contributed by atoms with Crippen LogP contribution in [0.4, 0.5) is 4.79 Å². The van der Waals surface area contributed by atoms with Crippen molar-refractivity contribution in [3.63, 3.8) is 0 Å². The molecule has 0 bridgehead atoms. The minimum atomic E-state index is -0.457. The van der Waals surface area contributed by atoms with Gasteiger partial charge >= 0.3 is 6.09 Å². The van der Waals surface area contributed by atoms with Gasteiger partial charge in [0, 0.05) is 15.8 Å². The van der Waals surface area contributed by atoms with Crippen LogP contribution in [-0.4, -0.2) is 33.7 Å². The predicted molar refractivity (Wildman–Crippen MR) is 127 cm³/mol. The molecule has 1 amide bonds. The summed E-state index contributed by atoms with van der Waals surface area (Å²) in [5, 5.41) is 21.0. The highest BCUT2D eigenvalue weighted by Crippen LogP contribution is 2.23. The summed E-state index contributed by atoms with van der Waals surface area (Å²) in [5.41, 5.74) is -0.457. The van der Waals surface area contributed by atoms with Gasteiger partial charge in [-0.05, 0) is 82.7 Å². The Labute approximate surface area is 189 Å². The van der Waals surface area contributed by atoms with Crippen LogP contribution in [-0.2, 0) is 4.74 Å². The maximum atomic E-state index is 11.6. The van der Waals surface area contributed by atoms with Gasteiger partial charge in [-0.25, -0.2) is 4.79 Å². The summed E-state index contributed by atoms with van der Waals surface area (Å²) in [6, 6.07) is 14.2. The average molecular weight is 452 g/mol. The van der Waals surface area contributed by atoms with Crippen LogP contribution in [0.3, 0.4) is 0 Å². The molecule has 0 radical (unpaired) electrons. The summed E-state index contributed by atoms with van der Waals surface area (Å²) >= 11 is 5.73. The Morgan fingerprint density at radius 3 is 2.27 bits per heavy atom. The van der Waals surface area contributed by atoms with Crippen LogP contribution < -0.4 is 5.32 Å². The third-order valence-corrected chi connectivity index (χ3v) is 5.07. The third kappa shape index (κ3) is 13.3. The van der Waals surface area contributed by atoms with Crippen molar-refractivity contribution in [1.29, 1.82) is 0 Å². The molecule has 2 rings (SSSR count). The number of amides is 1. The van der Waals surface area contributed by atoms with Crippen molar-refractivity contribution in [3.8, 4) is 11.5 Å². The number of thioether (sulfide) groups is 1. The third-order valence-electron chi connectivity index (χ3n) is 3.71. The van der Waals surface area contributed by atoms with E-state index in [0.717, 1.165) is 34.8 Å². The second kappa shape index (κ2) is 13.3. The molecule has 0 aromatic heterocycles. The highest BCUT2D eigenvalue weighted by Gasteiger charge is 2.17. The van der Waals surface area contributed by atoms with Gasteiger partial charge < -0.3 is 20.3 Å². The summed E-state index contributed by atoms with van der Waals surface area (Å²) < 4.78 is 5.23. The fourth-order valence-electron chi connectivity index (χ4n) is 2.39. The van der Waals surface area contributed by atoms with Crippen molar-refractivity contribution in [2.45, 2.75) is 68.4 Å². The summed E-state index contributed by atoms with van der Waals surface area (Å²) in [7, 11) is 0. The van der Waals surface area contributed by atoms with Crippen molar-refractivity contribution >= 4 is 30.5 Å². The lowest BCUT2D eigenvalue weighted by Gasteiger charge is -2.21. The van der Waals surface area contributed by atoms with Crippen LogP contribution in [0, 0.1) is 0 Å². The summed E-state index contributed by atoms with van der Waals surface area (Å²) in [6.07, 6.45) is 2.69. The van der Waals surface area contributed by atoms with Crippen molar-refractivity contribution in [3.05, 3.63) is 48.5 Å². The summed E-state index contributed by atoms with van der Waals surface area (Å²) in [6.45, 7) is 7.56. The van der Waals surface area contributed by atoms with Crippen LogP contribution in [0.25, 0.3) is 0 Å². The first-order chi connectivity index (χ1) is 14.0. The summed E-state index contributed by atoms with van der Waals surface area (Å²) in [5.74, 6) is 1.57. The van der Waals surface area contributed by atoms with Crippen molar-refractivity contribution < 1.29 is 19.7 Å². The molecule has 3 N–H and O–H groups in total. The van der Waals surface area contributed by atoms with Crippen molar-refractivity contribution in [2.75, 3.05) is 5.75 Å². The monoisotopic (exact) mass is 451 g/mol. The van der Waals surface area contributed by atoms with E-state index in [9.17, 15) is 9.90 Å². The molecule has 166 valence electrons. The minimum Gasteiger partial charge on any atom is -0.508 e. The highest BCUT2D eigenvalue weighted by molar-refractivity contribution is 7.99. The molecule has 0 spiro atoms. The van der Waals surface area contributed by atoms with Gasteiger partial charge in [-0.15, -0.1) is 24.4 Å². The number of aromatic hydroxyl groups is 2. The van der Waals surface area contributed by atoms with Gasteiger partial charge in [0.2, 0.25) is 0 Å². The molecule has 1 atom stereocenters. The zero-order valence-electron chi connectivity index (χ0n) is 18.1. The SMILES string of the molecule is C[C@H](CCCCSc1cccc(O)c1)NC(=O)OC(C)(C)C.Oc1cccc(S)c1. The van der Waals surface area contributed by atoms with Gasteiger partial charge in [0.1, 0.15) is 17.1 Å². The number of carbonyl (C=O) groups excluding carboxylic acids is 1. The molecule has 0 aliphatic rings. The number of benzene rings is 2. The lowest BCUT2D eigenvalue weighted by Crippen LogP contribution is -2.37. The molecular formula is C23H33NO4S2. The highest BCUT2D eigenvalue weighted by atomic mass is 32.2. The number of alkyl carbamates (subject to hydrolysis) is 1. The molecular weight excluding hydrogens is 418 g/mol. The largest absolute Gasteiger partial charge is 0.508 e. The van der Waals surface area contributed by atoms with Crippen LogP contribution >= 0.6 is 24.4 Å². The molecule has 0 saturated carbocycles. The zero-order valence-corrected chi connectivity index (χ0v) is 19.8. The molecule has 7 heteroatoms. The van der Waals surface area contributed by atoms with Gasteiger partial charge in [-0.2, -0.15) is 0 Å². The van der Waals surface area contributed by atoms with E-state index in [1.165, 1.54) is 0 Å². The van der Waals surface area contributed by atoms with E-state index in [1.54, 1.807) is 42.1 Å². The number of thiol groups is 1. The summed E-state index contributed by atoms with van der Waals surface area (Å²) in [4.78, 5) is 13.5. The van der Waals surface area contributed by atoms with E-state index in [4.69, 9.17) is 9.84 Å². The van der Waals surface area contributed by atoms with E-state index in [2.05, 4.69) is 17.9 Å². The Hall–Kier alpha value is -1.99. The van der Waals surface area contributed by atoms with E-state index in [0.29, 0.717) is 5.75 Å². The van der Waals surface area contributed by atoms with Gasteiger partial charge in [0.25, 0.3) is 0 Å². The van der Waals surface area contributed by atoms with Crippen molar-refractivity contribution in [1.82, 2.24) is 5.32 Å². The fraction of sp³-hybridized carbons (Fsp3) is 0.435. The quantitative estimate of drug-likeness (QED) is 0.227. The van der Waals surface area contributed by atoms with Crippen LogP contribution in [0.15, 0.2) is 58.3 Å². The topological polar surface area (TPSA) is 78.8 Å². The number of hydrogen-bond donors (Lipinski definition) is 4. The molecule has 0 fully saturated rings. The lowest BCUT2D eigenvalue weighted by molar-refractivity contribution is 0.0506.